The van der Waals surface area contributed by atoms with Crippen molar-refractivity contribution in [2.75, 3.05) is 10.6 Å². The van der Waals surface area contributed by atoms with Crippen LogP contribution in [0.2, 0.25) is 0 Å². The van der Waals surface area contributed by atoms with Crippen molar-refractivity contribution in [2.45, 2.75) is 0 Å². The number of hydrogen-bond acceptors (Lipinski definition) is 3. The van der Waals surface area contributed by atoms with Crippen LogP contribution in [-0.4, -0.2) is 16.0 Å². The van der Waals surface area contributed by atoms with Crippen molar-refractivity contribution in [3.8, 4) is 0 Å². The average molecular weight is 258 g/mol. The molecule has 0 bridgehead atoms. The Bertz CT molecular complexity index is 674. The molecular formula is C12H10N4OS. The number of rotatable bonds is 2. The highest BCUT2D eigenvalue weighted by Crippen LogP contribution is 2.22. The van der Waals surface area contributed by atoms with E-state index in [1.165, 1.54) is 11.3 Å². The van der Waals surface area contributed by atoms with E-state index in [9.17, 15) is 4.79 Å². The van der Waals surface area contributed by atoms with Gasteiger partial charge in [0.15, 0.2) is 5.13 Å². The summed E-state index contributed by atoms with van der Waals surface area (Å²) in [5.41, 5.74) is 1.74. The summed E-state index contributed by atoms with van der Waals surface area (Å²) >= 11 is 1.38. The first-order chi connectivity index (χ1) is 8.83. The molecule has 0 saturated heterocycles. The van der Waals surface area contributed by atoms with Gasteiger partial charge in [0.05, 0.1) is 5.69 Å². The molecule has 0 aliphatic heterocycles. The minimum atomic E-state index is -0.297. The number of para-hydroxylation sites is 1. The molecule has 1 aromatic carbocycles. The van der Waals surface area contributed by atoms with Gasteiger partial charge in [-0.2, -0.15) is 0 Å². The Balaban J connectivity index is 1.78. The Morgan fingerprint density at radius 2 is 2.17 bits per heavy atom. The number of benzene rings is 1. The summed E-state index contributed by atoms with van der Waals surface area (Å²) in [6.45, 7) is 0. The lowest BCUT2D eigenvalue weighted by Crippen LogP contribution is -2.18. The Morgan fingerprint density at radius 3 is 3.00 bits per heavy atom. The second-order valence-electron chi connectivity index (χ2n) is 3.66. The van der Waals surface area contributed by atoms with Gasteiger partial charge in [0.2, 0.25) is 0 Å². The molecule has 3 rings (SSSR count). The maximum absolute atomic E-state index is 11.8. The SMILES string of the molecule is O=C(Nc1nccs1)Nc1c[nH]c2ccccc12. The molecular weight excluding hydrogens is 248 g/mol. The van der Waals surface area contributed by atoms with Crippen LogP contribution in [0.4, 0.5) is 15.6 Å². The largest absolute Gasteiger partial charge is 0.359 e. The molecule has 6 heteroatoms. The fraction of sp³-hybridized carbons (Fsp3) is 0. The van der Waals surface area contributed by atoms with E-state index in [1.54, 1.807) is 17.8 Å². The molecule has 18 heavy (non-hydrogen) atoms. The number of carbonyl (C=O) groups is 1. The lowest BCUT2D eigenvalue weighted by atomic mass is 10.2. The number of amides is 2. The lowest BCUT2D eigenvalue weighted by Gasteiger charge is -2.03. The van der Waals surface area contributed by atoms with Gasteiger partial charge in [0.1, 0.15) is 0 Å². The summed E-state index contributed by atoms with van der Waals surface area (Å²) in [7, 11) is 0. The van der Waals surface area contributed by atoms with Crippen LogP contribution in [0.1, 0.15) is 0 Å². The highest BCUT2D eigenvalue weighted by molar-refractivity contribution is 7.13. The number of aromatic amines is 1. The zero-order valence-corrected chi connectivity index (χ0v) is 10.1. The van der Waals surface area contributed by atoms with Crippen molar-refractivity contribution in [2.24, 2.45) is 0 Å². The second kappa shape index (κ2) is 4.50. The van der Waals surface area contributed by atoms with E-state index in [0.717, 1.165) is 16.6 Å². The molecule has 5 nitrogen and oxygen atoms in total. The van der Waals surface area contributed by atoms with E-state index in [4.69, 9.17) is 0 Å². The summed E-state index contributed by atoms with van der Waals surface area (Å²) in [4.78, 5) is 18.8. The van der Waals surface area contributed by atoms with Crippen LogP contribution in [0.3, 0.4) is 0 Å². The number of thiazole rings is 1. The van der Waals surface area contributed by atoms with Crippen LogP contribution in [0.15, 0.2) is 42.0 Å². The summed E-state index contributed by atoms with van der Waals surface area (Å²) in [5.74, 6) is 0. The minimum Gasteiger partial charge on any atom is -0.359 e. The fourth-order valence-corrected chi connectivity index (χ4v) is 2.23. The maximum Gasteiger partial charge on any atom is 0.325 e. The van der Waals surface area contributed by atoms with Crippen LogP contribution in [0.25, 0.3) is 10.9 Å². The molecule has 3 aromatic rings. The predicted molar refractivity (Wildman–Crippen MR) is 73.1 cm³/mol. The first-order valence-electron chi connectivity index (χ1n) is 5.36. The molecule has 0 saturated carbocycles. The number of anilines is 2. The van der Waals surface area contributed by atoms with Crippen molar-refractivity contribution in [3.05, 3.63) is 42.0 Å². The number of carbonyl (C=O) groups excluding carboxylic acids is 1. The van der Waals surface area contributed by atoms with Gasteiger partial charge in [-0.25, -0.2) is 9.78 Å². The normalized spacial score (nSPS) is 10.4. The molecule has 0 unspecified atom stereocenters. The van der Waals surface area contributed by atoms with Gasteiger partial charge in [0, 0.05) is 28.7 Å². The molecule has 2 amide bonds. The molecule has 0 atom stereocenters. The molecule has 0 spiro atoms. The Labute approximate surface area is 107 Å². The third kappa shape index (κ3) is 2.05. The Kier molecular flexibility index (Phi) is 2.70. The maximum atomic E-state index is 11.8. The molecule has 0 fully saturated rings. The molecule has 3 N–H and O–H groups in total. The van der Waals surface area contributed by atoms with Crippen molar-refractivity contribution in [3.63, 3.8) is 0 Å². The Morgan fingerprint density at radius 1 is 1.28 bits per heavy atom. The highest BCUT2D eigenvalue weighted by Gasteiger charge is 2.07. The number of nitrogens with zero attached hydrogens (tertiary/aromatic N) is 1. The Hall–Kier alpha value is -2.34. The van der Waals surface area contributed by atoms with Crippen LogP contribution in [0, 0.1) is 0 Å². The number of nitrogens with one attached hydrogen (secondary N) is 3. The third-order valence-electron chi connectivity index (χ3n) is 2.49. The zero-order valence-electron chi connectivity index (χ0n) is 9.31. The van der Waals surface area contributed by atoms with Crippen LogP contribution in [-0.2, 0) is 0 Å². The van der Waals surface area contributed by atoms with Crippen molar-refractivity contribution in [1.82, 2.24) is 9.97 Å². The second-order valence-corrected chi connectivity index (χ2v) is 4.56. The van der Waals surface area contributed by atoms with Gasteiger partial charge in [-0.1, -0.05) is 18.2 Å². The van der Waals surface area contributed by atoms with E-state index in [1.807, 2.05) is 24.3 Å². The van der Waals surface area contributed by atoms with Gasteiger partial charge in [0.25, 0.3) is 0 Å². The number of aromatic nitrogens is 2. The molecule has 2 aromatic heterocycles. The van der Waals surface area contributed by atoms with Gasteiger partial charge >= 0.3 is 6.03 Å². The summed E-state index contributed by atoms with van der Waals surface area (Å²) in [6.07, 6.45) is 3.41. The lowest BCUT2D eigenvalue weighted by molar-refractivity contribution is 0.262. The molecule has 2 heterocycles. The van der Waals surface area contributed by atoms with Crippen LogP contribution >= 0.6 is 11.3 Å². The van der Waals surface area contributed by atoms with E-state index >= 15 is 0 Å². The number of hydrogen-bond donors (Lipinski definition) is 3. The van der Waals surface area contributed by atoms with Gasteiger partial charge < -0.3 is 10.3 Å². The van der Waals surface area contributed by atoms with Gasteiger partial charge in [-0.3, -0.25) is 5.32 Å². The monoisotopic (exact) mass is 258 g/mol. The first kappa shape index (κ1) is 10.8. The molecule has 0 aliphatic rings. The predicted octanol–water partition coefficient (Wildman–Crippen LogP) is 3.27. The number of fused-ring (bicyclic) bond motifs is 1. The fourth-order valence-electron chi connectivity index (χ4n) is 1.71. The zero-order chi connectivity index (χ0) is 12.4. The number of urea groups is 1. The van der Waals surface area contributed by atoms with E-state index in [0.29, 0.717) is 5.13 Å². The third-order valence-corrected chi connectivity index (χ3v) is 3.18. The van der Waals surface area contributed by atoms with E-state index in [2.05, 4.69) is 20.6 Å². The van der Waals surface area contributed by atoms with Gasteiger partial charge in [-0.05, 0) is 6.07 Å². The molecule has 0 aliphatic carbocycles. The molecule has 0 radical (unpaired) electrons. The quantitative estimate of drug-likeness (QED) is 0.660. The summed E-state index contributed by atoms with van der Waals surface area (Å²) in [6, 6.07) is 7.48. The number of H-pyrrole nitrogens is 1. The first-order valence-corrected chi connectivity index (χ1v) is 6.24. The van der Waals surface area contributed by atoms with E-state index < -0.39 is 0 Å². The minimum absolute atomic E-state index is 0.297. The van der Waals surface area contributed by atoms with Gasteiger partial charge in [-0.15, -0.1) is 11.3 Å². The summed E-state index contributed by atoms with van der Waals surface area (Å²) < 4.78 is 0. The highest BCUT2D eigenvalue weighted by atomic mass is 32.1. The topological polar surface area (TPSA) is 69.8 Å². The summed E-state index contributed by atoms with van der Waals surface area (Å²) in [5, 5.41) is 8.82. The van der Waals surface area contributed by atoms with Crippen LogP contribution < -0.4 is 10.6 Å². The van der Waals surface area contributed by atoms with E-state index in [-0.39, 0.29) is 6.03 Å². The van der Waals surface area contributed by atoms with Crippen LogP contribution in [0.5, 0.6) is 0 Å². The smallest absolute Gasteiger partial charge is 0.325 e. The van der Waals surface area contributed by atoms with Crippen molar-refractivity contribution >= 4 is 39.1 Å². The standard InChI is InChI=1S/C12H10N4OS/c17-11(16-12-13-5-6-18-12)15-10-7-14-9-4-2-1-3-8(9)10/h1-7,14H,(H2,13,15,16,17). The molecule has 90 valence electrons. The average Bonchev–Trinajstić information content (AvgIpc) is 3.00. The van der Waals surface area contributed by atoms with Crippen molar-refractivity contribution in [1.29, 1.82) is 0 Å². The van der Waals surface area contributed by atoms with Crippen molar-refractivity contribution < 1.29 is 4.79 Å².